The van der Waals surface area contributed by atoms with E-state index in [0.29, 0.717) is 24.9 Å². The molecule has 7 heteroatoms. The summed E-state index contributed by atoms with van der Waals surface area (Å²) in [5.41, 5.74) is 2.17. The van der Waals surface area contributed by atoms with Crippen LogP contribution in [0.4, 0.5) is 0 Å². The van der Waals surface area contributed by atoms with E-state index < -0.39 is 10.0 Å². The van der Waals surface area contributed by atoms with Gasteiger partial charge in [0, 0.05) is 26.1 Å². The molecule has 0 saturated carbocycles. The van der Waals surface area contributed by atoms with Crippen molar-refractivity contribution in [1.29, 1.82) is 5.26 Å². The van der Waals surface area contributed by atoms with Gasteiger partial charge in [0.2, 0.25) is 15.9 Å². The summed E-state index contributed by atoms with van der Waals surface area (Å²) in [7, 11) is -3.62. The third-order valence-electron chi connectivity index (χ3n) is 4.56. The normalized spacial score (nSPS) is 14.3. The van der Waals surface area contributed by atoms with Crippen molar-refractivity contribution in [1.82, 2.24) is 9.62 Å². The molecule has 0 aromatic heterocycles. The summed E-state index contributed by atoms with van der Waals surface area (Å²) in [4.78, 5) is 13.5. The van der Waals surface area contributed by atoms with Gasteiger partial charge in [-0.15, -0.1) is 0 Å². The van der Waals surface area contributed by atoms with E-state index in [9.17, 15) is 13.2 Å². The molecule has 2 aromatic carbocycles. The molecule has 6 nitrogen and oxygen atoms in total. The Morgan fingerprint density at radius 1 is 1.11 bits per heavy atom. The van der Waals surface area contributed by atoms with Crippen molar-refractivity contribution in [2.75, 3.05) is 19.6 Å². The first kappa shape index (κ1) is 19.1. The van der Waals surface area contributed by atoms with E-state index in [1.165, 1.54) is 0 Å². The van der Waals surface area contributed by atoms with Crippen molar-refractivity contribution >= 4 is 15.9 Å². The summed E-state index contributed by atoms with van der Waals surface area (Å²) in [5.74, 6) is 0.146. The fourth-order valence-electron chi connectivity index (χ4n) is 3.08. The van der Waals surface area contributed by atoms with Crippen LogP contribution in [-0.2, 0) is 14.8 Å². The zero-order chi connectivity index (χ0) is 19.3. The smallest absolute Gasteiger partial charge is 0.240 e. The van der Waals surface area contributed by atoms with Gasteiger partial charge in [-0.05, 0) is 48.2 Å². The van der Waals surface area contributed by atoms with Crippen LogP contribution >= 0.6 is 0 Å². The zero-order valence-corrected chi connectivity index (χ0v) is 15.7. The minimum absolute atomic E-state index is 0.146. The highest BCUT2D eigenvalue weighted by Gasteiger charge is 2.20. The standard InChI is InChI=1S/C20H21N3O3S/c21-15-16-7-9-17(10-8-16)18-4-1-5-19(14-18)27(25,26)22-11-3-13-23-12-2-6-20(23)24/h1,4-5,7-10,14,22H,2-3,6,11-13H2. The molecule has 0 bridgehead atoms. The third kappa shape index (κ3) is 4.73. The van der Waals surface area contributed by atoms with Crippen LogP contribution in [0, 0.1) is 11.3 Å². The molecule has 1 heterocycles. The Morgan fingerprint density at radius 3 is 2.56 bits per heavy atom. The van der Waals surface area contributed by atoms with E-state index in [2.05, 4.69) is 10.8 Å². The van der Waals surface area contributed by atoms with E-state index in [1.54, 1.807) is 47.4 Å². The van der Waals surface area contributed by atoms with E-state index in [0.717, 1.165) is 24.1 Å². The Kier molecular flexibility index (Phi) is 5.89. The van der Waals surface area contributed by atoms with E-state index in [1.807, 2.05) is 6.07 Å². The molecular formula is C20H21N3O3S. The Balaban J connectivity index is 1.63. The van der Waals surface area contributed by atoms with E-state index >= 15 is 0 Å². The second-order valence-electron chi connectivity index (χ2n) is 6.45. The Labute approximate surface area is 159 Å². The SMILES string of the molecule is N#Cc1ccc(-c2cccc(S(=O)(=O)NCCCN3CCCC3=O)c2)cc1. The first-order chi connectivity index (χ1) is 13.0. The van der Waals surface area contributed by atoms with Crippen molar-refractivity contribution in [3.05, 3.63) is 54.1 Å². The molecule has 1 aliphatic heterocycles. The Bertz CT molecular complexity index is 963. The lowest BCUT2D eigenvalue weighted by Crippen LogP contribution is -2.30. The molecule has 0 atom stereocenters. The minimum atomic E-state index is -3.62. The maximum atomic E-state index is 12.5. The lowest BCUT2D eigenvalue weighted by molar-refractivity contribution is -0.127. The molecule has 0 unspecified atom stereocenters. The lowest BCUT2D eigenvalue weighted by atomic mass is 10.0. The first-order valence-electron chi connectivity index (χ1n) is 8.88. The van der Waals surface area contributed by atoms with Crippen LogP contribution in [0.2, 0.25) is 0 Å². The number of carbonyl (C=O) groups is 1. The second-order valence-corrected chi connectivity index (χ2v) is 8.22. The number of rotatable bonds is 7. The van der Waals surface area contributed by atoms with Crippen LogP contribution in [0.15, 0.2) is 53.4 Å². The van der Waals surface area contributed by atoms with Crippen LogP contribution in [0.5, 0.6) is 0 Å². The molecule has 0 aliphatic carbocycles. The Morgan fingerprint density at radius 2 is 1.89 bits per heavy atom. The van der Waals surface area contributed by atoms with Crippen molar-refractivity contribution < 1.29 is 13.2 Å². The summed E-state index contributed by atoms with van der Waals surface area (Å²) in [6.45, 7) is 1.62. The molecule has 27 heavy (non-hydrogen) atoms. The van der Waals surface area contributed by atoms with Crippen LogP contribution in [0.25, 0.3) is 11.1 Å². The Hall–Kier alpha value is -2.69. The average molecular weight is 383 g/mol. The largest absolute Gasteiger partial charge is 0.343 e. The number of hydrogen-bond acceptors (Lipinski definition) is 4. The molecule has 2 aromatic rings. The molecule has 1 saturated heterocycles. The van der Waals surface area contributed by atoms with Gasteiger partial charge in [0.25, 0.3) is 0 Å². The summed E-state index contributed by atoms with van der Waals surface area (Å²) in [6, 6.07) is 15.8. The van der Waals surface area contributed by atoms with E-state index in [4.69, 9.17) is 5.26 Å². The number of nitriles is 1. The number of amides is 1. The van der Waals surface area contributed by atoms with E-state index in [-0.39, 0.29) is 17.3 Å². The van der Waals surface area contributed by atoms with Gasteiger partial charge >= 0.3 is 0 Å². The van der Waals surface area contributed by atoms with Gasteiger partial charge in [0.15, 0.2) is 0 Å². The summed E-state index contributed by atoms with van der Waals surface area (Å²) < 4.78 is 27.7. The van der Waals surface area contributed by atoms with Crippen LogP contribution in [0.3, 0.4) is 0 Å². The molecule has 1 fully saturated rings. The van der Waals surface area contributed by atoms with Crippen LogP contribution in [-0.4, -0.2) is 38.9 Å². The van der Waals surface area contributed by atoms with Gasteiger partial charge in [-0.1, -0.05) is 24.3 Å². The summed E-state index contributed by atoms with van der Waals surface area (Å²) >= 11 is 0. The van der Waals surface area contributed by atoms with Gasteiger partial charge in [0.05, 0.1) is 16.5 Å². The molecule has 0 spiro atoms. The fraction of sp³-hybridized carbons (Fsp3) is 0.300. The van der Waals surface area contributed by atoms with Crippen molar-refractivity contribution in [3.63, 3.8) is 0 Å². The van der Waals surface area contributed by atoms with Gasteiger partial charge in [-0.3, -0.25) is 4.79 Å². The number of likely N-dealkylation sites (tertiary alicyclic amines) is 1. The minimum Gasteiger partial charge on any atom is -0.343 e. The maximum absolute atomic E-state index is 12.5. The van der Waals surface area contributed by atoms with Crippen molar-refractivity contribution in [2.24, 2.45) is 0 Å². The summed E-state index contributed by atoms with van der Waals surface area (Å²) in [6.07, 6.45) is 2.06. The molecule has 0 radical (unpaired) electrons. The predicted molar refractivity (Wildman–Crippen MR) is 102 cm³/mol. The highest BCUT2D eigenvalue weighted by atomic mass is 32.2. The molecule has 140 valence electrons. The zero-order valence-electron chi connectivity index (χ0n) is 14.9. The molecular weight excluding hydrogens is 362 g/mol. The number of carbonyl (C=O) groups excluding carboxylic acids is 1. The summed E-state index contributed by atoms with van der Waals surface area (Å²) in [5, 5.41) is 8.88. The maximum Gasteiger partial charge on any atom is 0.240 e. The topological polar surface area (TPSA) is 90.3 Å². The predicted octanol–water partition coefficient (Wildman–Crippen LogP) is 2.52. The van der Waals surface area contributed by atoms with Crippen molar-refractivity contribution in [2.45, 2.75) is 24.2 Å². The average Bonchev–Trinajstić information content (AvgIpc) is 3.10. The number of nitrogens with zero attached hydrogens (tertiary/aromatic N) is 2. The van der Waals surface area contributed by atoms with Gasteiger partial charge in [-0.2, -0.15) is 5.26 Å². The van der Waals surface area contributed by atoms with Gasteiger partial charge in [-0.25, -0.2) is 13.1 Å². The molecule has 1 amide bonds. The third-order valence-corrected chi connectivity index (χ3v) is 6.02. The second kappa shape index (κ2) is 8.33. The fourth-order valence-corrected chi connectivity index (χ4v) is 4.20. The first-order valence-corrected chi connectivity index (χ1v) is 10.4. The molecule has 1 N–H and O–H groups in total. The molecule has 1 aliphatic rings. The highest BCUT2D eigenvalue weighted by molar-refractivity contribution is 7.89. The number of benzene rings is 2. The van der Waals surface area contributed by atoms with Crippen LogP contribution < -0.4 is 4.72 Å². The number of sulfonamides is 1. The molecule has 3 rings (SSSR count). The highest BCUT2D eigenvalue weighted by Crippen LogP contribution is 2.23. The monoisotopic (exact) mass is 383 g/mol. The van der Waals surface area contributed by atoms with Crippen molar-refractivity contribution in [3.8, 4) is 17.2 Å². The number of hydrogen-bond donors (Lipinski definition) is 1. The quantitative estimate of drug-likeness (QED) is 0.744. The van der Waals surface area contributed by atoms with Crippen LogP contribution in [0.1, 0.15) is 24.8 Å². The lowest BCUT2D eigenvalue weighted by Gasteiger charge is -2.15. The van der Waals surface area contributed by atoms with Gasteiger partial charge in [0.1, 0.15) is 0 Å². The number of nitrogens with one attached hydrogen (secondary N) is 1. The van der Waals surface area contributed by atoms with Gasteiger partial charge < -0.3 is 4.90 Å².